The largest absolute Gasteiger partial charge is 0.302 e. The second-order valence-electron chi connectivity index (χ2n) is 2.98. The van der Waals surface area contributed by atoms with E-state index in [1.165, 1.54) is 11.3 Å². The molecule has 0 aromatic carbocycles. The van der Waals surface area contributed by atoms with Crippen molar-refractivity contribution in [3.8, 4) is 0 Å². The minimum absolute atomic E-state index is 0.996. The number of likely N-dealkylation sites (N-methyl/N-ethyl adjacent to an activating group) is 1. The Kier molecular flexibility index (Phi) is 7.82. The van der Waals surface area contributed by atoms with E-state index in [0.717, 1.165) is 19.5 Å². The maximum absolute atomic E-state index is 4.22. The van der Waals surface area contributed by atoms with Gasteiger partial charge in [-0.2, -0.15) is 0 Å². The maximum atomic E-state index is 4.22. The van der Waals surface area contributed by atoms with Crippen molar-refractivity contribution in [2.45, 2.75) is 40.7 Å². The predicted octanol–water partition coefficient (Wildman–Crippen LogP) is 2.52. The van der Waals surface area contributed by atoms with Crippen molar-refractivity contribution in [2.24, 2.45) is 0 Å². The lowest BCUT2D eigenvalue weighted by Crippen LogP contribution is -2.27. The maximum Gasteiger partial charge on any atom is 0.115 e. The van der Waals surface area contributed by atoms with Gasteiger partial charge in [0.25, 0.3) is 0 Å². The van der Waals surface area contributed by atoms with Crippen LogP contribution >= 0.6 is 0 Å². The lowest BCUT2D eigenvalue weighted by Gasteiger charge is -2.22. The third kappa shape index (κ3) is 4.38. The highest BCUT2D eigenvalue weighted by Crippen LogP contribution is 2.12. The molecule has 0 N–H and O–H groups in total. The van der Waals surface area contributed by atoms with Gasteiger partial charge in [0.15, 0.2) is 0 Å². The van der Waals surface area contributed by atoms with Crippen LogP contribution in [0.2, 0.25) is 0 Å². The molecule has 0 saturated heterocycles. The van der Waals surface area contributed by atoms with Crippen molar-refractivity contribution in [3.63, 3.8) is 0 Å². The Bertz CT molecular complexity index is 261. The van der Waals surface area contributed by atoms with E-state index in [2.05, 4.69) is 21.9 Å². The summed E-state index contributed by atoms with van der Waals surface area (Å²) < 4.78 is 0. The van der Waals surface area contributed by atoms with E-state index in [9.17, 15) is 0 Å². The van der Waals surface area contributed by atoms with Gasteiger partial charge in [-0.25, -0.2) is 9.97 Å². The summed E-state index contributed by atoms with van der Waals surface area (Å²) in [7, 11) is 2.12. The molecule has 0 atom stereocenters. The molecule has 0 fully saturated rings. The molecule has 15 heavy (non-hydrogen) atoms. The minimum Gasteiger partial charge on any atom is -0.302 e. The molecule has 0 spiro atoms. The fourth-order valence-electron chi connectivity index (χ4n) is 1.41. The summed E-state index contributed by atoms with van der Waals surface area (Å²) in [4.78, 5) is 10.5. The fraction of sp³-hybridized carbons (Fsp3) is 0.667. The van der Waals surface area contributed by atoms with Crippen LogP contribution in [0.5, 0.6) is 0 Å². The number of rotatable bonds is 0. The number of fused-ring (bicyclic) bond motifs is 1. The van der Waals surface area contributed by atoms with Crippen LogP contribution in [0.4, 0.5) is 0 Å². The normalized spacial score (nSPS) is 13.9. The zero-order valence-electron chi connectivity index (χ0n) is 10.6. The number of hydrogen-bond donors (Lipinski definition) is 0. The van der Waals surface area contributed by atoms with E-state index in [4.69, 9.17) is 0 Å². The Morgan fingerprint density at radius 2 is 1.87 bits per heavy atom. The summed E-state index contributed by atoms with van der Waals surface area (Å²) in [5.41, 5.74) is 2.50. The van der Waals surface area contributed by atoms with Gasteiger partial charge in [0, 0.05) is 37.0 Å². The molecule has 1 aliphatic heterocycles. The van der Waals surface area contributed by atoms with Crippen molar-refractivity contribution in [1.82, 2.24) is 14.9 Å². The first kappa shape index (κ1) is 14.0. The molecular formula is C12H23N3. The summed E-state index contributed by atoms with van der Waals surface area (Å²) in [5.74, 6) is 0. The smallest absolute Gasteiger partial charge is 0.115 e. The topological polar surface area (TPSA) is 29.0 Å². The van der Waals surface area contributed by atoms with E-state index >= 15 is 0 Å². The van der Waals surface area contributed by atoms with Crippen LogP contribution in [-0.2, 0) is 13.0 Å². The van der Waals surface area contributed by atoms with Gasteiger partial charge in [-0.3, -0.25) is 0 Å². The third-order valence-electron chi connectivity index (χ3n) is 2.05. The lowest BCUT2D eigenvalue weighted by molar-refractivity contribution is 0.309. The summed E-state index contributed by atoms with van der Waals surface area (Å²) in [6.45, 7) is 10.1. The van der Waals surface area contributed by atoms with Crippen LogP contribution in [0, 0.1) is 0 Å². The highest BCUT2D eigenvalue weighted by atomic mass is 15.1. The monoisotopic (exact) mass is 209 g/mol. The average molecular weight is 209 g/mol. The Morgan fingerprint density at radius 1 is 1.20 bits per heavy atom. The Hall–Kier alpha value is -0.960. The van der Waals surface area contributed by atoms with Gasteiger partial charge in [0.2, 0.25) is 0 Å². The van der Waals surface area contributed by atoms with E-state index in [1.54, 1.807) is 6.33 Å². The zero-order valence-corrected chi connectivity index (χ0v) is 10.6. The minimum atomic E-state index is 0.996. The van der Waals surface area contributed by atoms with Gasteiger partial charge >= 0.3 is 0 Å². The van der Waals surface area contributed by atoms with Gasteiger partial charge in [-0.15, -0.1) is 0 Å². The first-order valence-corrected chi connectivity index (χ1v) is 5.82. The van der Waals surface area contributed by atoms with Gasteiger partial charge in [0.05, 0.1) is 0 Å². The van der Waals surface area contributed by atoms with Gasteiger partial charge in [0.1, 0.15) is 6.33 Å². The predicted molar refractivity (Wildman–Crippen MR) is 64.8 cm³/mol. The van der Waals surface area contributed by atoms with Gasteiger partial charge < -0.3 is 4.90 Å². The van der Waals surface area contributed by atoms with E-state index in [-0.39, 0.29) is 0 Å². The quantitative estimate of drug-likeness (QED) is 0.657. The molecule has 0 unspecified atom stereocenters. The summed E-state index contributed by atoms with van der Waals surface area (Å²) in [6.07, 6.45) is 4.61. The molecule has 2 heterocycles. The molecular weight excluding hydrogens is 186 g/mol. The summed E-state index contributed by atoms with van der Waals surface area (Å²) in [6, 6.07) is 0. The van der Waals surface area contributed by atoms with Gasteiger partial charge in [-0.05, 0) is 7.05 Å². The van der Waals surface area contributed by atoms with Crippen LogP contribution < -0.4 is 0 Å². The van der Waals surface area contributed by atoms with Crippen molar-refractivity contribution < 1.29 is 0 Å². The van der Waals surface area contributed by atoms with Crippen molar-refractivity contribution in [2.75, 3.05) is 13.6 Å². The molecule has 0 saturated carbocycles. The number of hydrogen-bond acceptors (Lipinski definition) is 3. The van der Waals surface area contributed by atoms with Crippen LogP contribution in [0.15, 0.2) is 12.5 Å². The molecule has 0 radical (unpaired) electrons. The fourth-order valence-corrected chi connectivity index (χ4v) is 1.41. The van der Waals surface area contributed by atoms with E-state index in [0.29, 0.717) is 0 Å². The Balaban J connectivity index is 0.000000442. The lowest BCUT2D eigenvalue weighted by atomic mass is 10.1. The number of nitrogens with zero attached hydrogens (tertiary/aromatic N) is 3. The Labute approximate surface area is 93.6 Å². The van der Waals surface area contributed by atoms with E-state index in [1.807, 2.05) is 33.9 Å². The highest BCUT2D eigenvalue weighted by molar-refractivity contribution is 5.18. The molecule has 86 valence electrons. The first-order chi connectivity index (χ1) is 7.36. The van der Waals surface area contributed by atoms with Crippen LogP contribution in [-0.4, -0.2) is 28.5 Å². The molecule has 1 aromatic heterocycles. The summed E-state index contributed by atoms with van der Waals surface area (Å²) in [5, 5.41) is 0. The van der Waals surface area contributed by atoms with Crippen LogP contribution in [0.25, 0.3) is 0 Å². The molecule has 3 nitrogen and oxygen atoms in total. The number of aromatic nitrogens is 2. The molecule has 2 rings (SSSR count). The second kappa shape index (κ2) is 8.36. The van der Waals surface area contributed by atoms with E-state index < -0.39 is 0 Å². The second-order valence-corrected chi connectivity index (χ2v) is 2.98. The van der Waals surface area contributed by atoms with Crippen molar-refractivity contribution in [3.05, 3.63) is 23.8 Å². The average Bonchev–Trinajstić information content (AvgIpc) is 2.34. The summed E-state index contributed by atoms with van der Waals surface area (Å²) >= 11 is 0. The van der Waals surface area contributed by atoms with Crippen LogP contribution in [0.1, 0.15) is 39.0 Å². The highest BCUT2D eigenvalue weighted by Gasteiger charge is 2.12. The molecule has 0 aliphatic carbocycles. The van der Waals surface area contributed by atoms with Gasteiger partial charge in [-0.1, -0.05) is 27.7 Å². The molecule has 0 bridgehead atoms. The molecule has 0 amide bonds. The molecule has 1 aliphatic rings. The SMILES string of the molecule is CC.CC.CN1CCc2ncncc2C1. The Morgan fingerprint density at radius 3 is 2.53 bits per heavy atom. The van der Waals surface area contributed by atoms with Crippen molar-refractivity contribution in [1.29, 1.82) is 0 Å². The molecule has 3 heteroatoms. The first-order valence-electron chi connectivity index (χ1n) is 5.82. The molecule has 1 aromatic rings. The van der Waals surface area contributed by atoms with Crippen molar-refractivity contribution >= 4 is 0 Å². The standard InChI is InChI=1S/C8H11N3.2C2H6/c1-11-3-2-8-7(5-11)4-9-6-10-8;2*1-2/h4,6H,2-3,5H2,1H3;2*1-2H3. The third-order valence-corrected chi connectivity index (χ3v) is 2.05. The van der Waals surface area contributed by atoms with Crippen LogP contribution in [0.3, 0.4) is 0 Å². The zero-order chi connectivity index (χ0) is 11.7.